The Labute approximate surface area is 217 Å². The zero-order valence-electron chi connectivity index (χ0n) is 19.6. The van der Waals surface area contributed by atoms with E-state index in [1.165, 1.54) is 29.9 Å². The quantitative estimate of drug-likeness (QED) is 0.201. The van der Waals surface area contributed by atoms with Gasteiger partial charge in [0.05, 0.1) is 13.3 Å². The third-order valence-corrected chi connectivity index (χ3v) is 10.1. The first kappa shape index (κ1) is 26.3. The summed E-state index contributed by atoms with van der Waals surface area (Å²) in [5.41, 5.74) is 1.06. The molecule has 0 N–H and O–H groups in total. The van der Waals surface area contributed by atoms with Crippen molar-refractivity contribution in [2.24, 2.45) is 0 Å². The van der Waals surface area contributed by atoms with Crippen LogP contribution in [0.2, 0.25) is 0 Å². The van der Waals surface area contributed by atoms with Gasteiger partial charge in [0, 0.05) is 12.5 Å². The fourth-order valence-corrected chi connectivity index (χ4v) is 8.57. The van der Waals surface area contributed by atoms with Crippen molar-refractivity contribution in [2.45, 2.75) is 13.1 Å². The second kappa shape index (κ2) is 11.9. The molecule has 0 unspecified atom stereocenters. The third-order valence-electron chi connectivity index (χ3n) is 5.75. The number of halogens is 1. The van der Waals surface area contributed by atoms with Gasteiger partial charge in [-0.15, -0.1) is 0 Å². The van der Waals surface area contributed by atoms with Crippen molar-refractivity contribution < 1.29 is 36.0 Å². The van der Waals surface area contributed by atoms with E-state index in [0.717, 1.165) is 5.56 Å². The van der Waals surface area contributed by atoms with E-state index in [1.54, 1.807) is 6.07 Å². The van der Waals surface area contributed by atoms with Gasteiger partial charge in [-0.25, -0.2) is 4.79 Å². The van der Waals surface area contributed by atoms with Gasteiger partial charge in [0.2, 0.25) is 0 Å². The van der Waals surface area contributed by atoms with Crippen LogP contribution in [0.3, 0.4) is 0 Å². The van der Waals surface area contributed by atoms with Crippen molar-refractivity contribution in [3.8, 4) is 5.75 Å². The second-order valence-corrected chi connectivity index (χ2v) is 11.3. The normalized spacial score (nSPS) is 10.7. The smallest absolute Gasteiger partial charge is 0.342 e. The predicted octanol–water partition coefficient (Wildman–Crippen LogP) is 1.90. The van der Waals surface area contributed by atoms with Crippen LogP contribution in [0, 0.1) is 0 Å². The number of rotatable bonds is 7. The van der Waals surface area contributed by atoms with Gasteiger partial charge in [0.1, 0.15) is 34.5 Å². The van der Waals surface area contributed by atoms with Crippen molar-refractivity contribution in [3.63, 3.8) is 0 Å². The van der Waals surface area contributed by atoms with Crippen LogP contribution >= 0.6 is 7.26 Å². The van der Waals surface area contributed by atoms with Crippen LogP contribution in [0.15, 0.2) is 109 Å². The Morgan fingerprint density at radius 2 is 1.14 bits per heavy atom. The molecule has 0 atom stereocenters. The van der Waals surface area contributed by atoms with Gasteiger partial charge < -0.3 is 26.5 Å². The molecule has 0 fully saturated rings. The Kier molecular flexibility index (Phi) is 8.97. The van der Waals surface area contributed by atoms with Crippen LogP contribution in [0.1, 0.15) is 22.8 Å². The van der Waals surface area contributed by atoms with E-state index in [4.69, 9.17) is 9.47 Å². The average Bonchev–Trinajstić information content (AvgIpc) is 2.88. The molecule has 35 heavy (non-hydrogen) atoms. The van der Waals surface area contributed by atoms with E-state index in [2.05, 4.69) is 36.4 Å². The molecule has 0 aromatic heterocycles. The van der Waals surface area contributed by atoms with E-state index in [0.29, 0.717) is 6.16 Å². The molecule has 4 rings (SSSR count). The predicted molar refractivity (Wildman–Crippen MR) is 138 cm³/mol. The lowest BCUT2D eigenvalue weighted by Crippen LogP contribution is -3.00. The van der Waals surface area contributed by atoms with Crippen LogP contribution in [0.25, 0.3) is 0 Å². The number of ether oxygens (including phenoxy) is 2. The van der Waals surface area contributed by atoms with E-state index < -0.39 is 19.2 Å². The zero-order chi connectivity index (χ0) is 24.0. The largest absolute Gasteiger partial charge is 1.00 e. The highest BCUT2D eigenvalue weighted by atomic mass is 79.9. The molecular weight excluding hydrogens is 523 g/mol. The third kappa shape index (κ3) is 5.53. The molecule has 0 bridgehead atoms. The molecule has 0 heterocycles. The number of esters is 2. The molecule has 0 saturated carbocycles. The Balaban J connectivity index is 0.00000342. The van der Waals surface area contributed by atoms with Crippen molar-refractivity contribution in [1.82, 2.24) is 0 Å². The summed E-state index contributed by atoms with van der Waals surface area (Å²) < 4.78 is 10.5. The molecule has 0 saturated heterocycles. The fourth-order valence-electron chi connectivity index (χ4n) is 4.31. The molecule has 0 aliphatic carbocycles. The number of carbonyl (C=O) groups is 2. The lowest BCUT2D eigenvalue weighted by Gasteiger charge is -2.28. The summed E-state index contributed by atoms with van der Waals surface area (Å²) in [6, 6.07) is 36.6. The van der Waals surface area contributed by atoms with Crippen molar-refractivity contribution >= 4 is 35.1 Å². The first-order chi connectivity index (χ1) is 16.6. The molecule has 0 amide bonds. The van der Waals surface area contributed by atoms with E-state index in [-0.39, 0.29) is 28.3 Å². The van der Waals surface area contributed by atoms with Crippen LogP contribution in [0.4, 0.5) is 0 Å². The molecule has 4 nitrogen and oxygen atoms in total. The SMILES string of the molecule is COC(=O)c1c(C[P+](c2ccccc2)(c2ccccc2)c2ccccc2)cccc1OC(C)=O.[Br-]. The fraction of sp³-hybridized carbons (Fsp3) is 0.103. The van der Waals surface area contributed by atoms with Crippen molar-refractivity contribution in [1.29, 1.82) is 0 Å². The maximum absolute atomic E-state index is 12.9. The number of benzene rings is 4. The summed E-state index contributed by atoms with van der Waals surface area (Å²) in [6.45, 7) is 1.32. The van der Waals surface area contributed by atoms with Crippen molar-refractivity contribution in [2.75, 3.05) is 7.11 Å². The number of carbonyl (C=O) groups excluding carboxylic acids is 2. The topological polar surface area (TPSA) is 52.6 Å². The molecular formula is C29H26BrO4P. The number of methoxy groups -OCH3 is 1. The van der Waals surface area contributed by atoms with Gasteiger partial charge in [0.15, 0.2) is 0 Å². The highest BCUT2D eigenvalue weighted by Gasteiger charge is 2.46. The lowest BCUT2D eigenvalue weighted by atomic mass is 10.1. The second-order valence-electron chi connectivity index (χ2n) is 7.85. The first-order valence-corrected chi connectivity index (χ1v) is 13.0. The monoisotopic (exact) mass is 548 g/mol. The summed E-state index contributed by atoms with van der Waals surface area (Å²) in [7, 11) is -0.917. The summed E-state index contributed by atoms with van der Waals surface area (Å²) >= 11 is 0. The molecule has 0 radical (unpaired) electrons. The van der Waals surface area contributed by atoms with Gasteiger partial charge in [-0.2, -0.15) is 0 Å². The summed E-state index contributed by atoms with van der Waals surface area (Å²) in [6.07, 6.45) is 0.560. The average molecular weight is 549 g/mol. The maximum atomic E-state index is 12.9. The Morgan fingerprint density at radius 1 is 0.686 bits per heavy atom. The Morgan fingerprint density at radius 3 is 1.54 bits per heavy atom. The highest BCUT2D eigenvalue weighted by molar-refractivity contribution is 7.95. The van der Waals surface area contributed by atoms with E-state index in [1.807, 2.05) is 66.7 Å². The van der Waals surface area contributed by atoms with E-state index >= 15 is 0 Å². The molecule has 178 valence electrons. The van der Waals surface area contributed by atoms with Gasteiger partial charge in [-0.05, 0) is 42.5 Å². The molecule has 4 aromatic carbocycles. The van der Waals surface area contributed by atoms with Gasteiger partial charge >= 0.3 is 11.9 Å². The van der Waals surface area contributed by atoms with Crippen LogP contribution in [-0.2, 0) is 15.7 Å². The molecule has 0 aliphatic heterocycles. The van der Waals surface area contributed by atoms with Gasteiger partial charge in [0.25, 0.3) is 0 Å². The van der Waals surface area contributed by atoms with Crippen LogP contribution < -0.4 is 37.6 Å². The molecule has 4 aromatic rings. The van der Waals surface area contributed by atoms with Gasteiger partial charge in [-0.1, -0.05) is 66.7 Å². The summed E-state index contributed by atoms with van der Waals surface area (Å²) in [4.78, 5) is 24.7. The number of hydrogen-bond donors (Lipinski definition) is 0. The van der Waals surface area contributed by atoms with Crippen LogP contribution in [0.5, 0.6) is 5.75 Å². The zero-order valence-corrected chi connectivity index (χ0v) is 22.0. The minimum Gasteiger partial charge on any atom is -1.00 e. The summed E-state index contributed by atoms with van der Waals surface area (Å²) in [5, 5.41) is 3.59. The minimum atomic E-state index is -2.25. The Bertz CT molecular complexity index is 1180. The number of hydrogen-bond acceptors (Lipinski definition) is 4. The maximum Gasteiger partial charge on any atom is 0.342 e. The summed E-state index contributed by atoms with van der Waals surface area (Å²) in [5.74, 6) is -0.805. The van der Waals surface area contributed by atoms with Crippen LogP contribution in [-0.4, -0.2) is 19.0 Å². The van der Waals surface area contributed by atoms with E-state index in [9.17, 15) is 9.59 Å². The minimum absolute atomic E-state index is 0. The Hall–Kier alpha value is -3.27. The van der Waals surface area contributed by atoms with Gasteiger partial charge in [-0.3, -0.25) is 4.79 Å². The highest BCUT2D eigenvalue weighted by Crippen LogP contribution is 2.58. The van der Waals surface area contributed by atoms with Crippen molar-refractivity contribution in [3.05, 3.63) is 120 Å². The standard InChI is InChI=1S/C29H26O4P.BrH/c1-22(30)33-27-20-12-13-23(28(27)29(31)32-2)21-34(24-14-6-3-7-15-24,25-16-8-4-9-17-25)26-18-10-5-11-19-26;/h3-20H,21H2,1-2H3;1H/q+1;/p-1. The lowest BCUT2D eigenvalue weighted by molar-refractivity contribution is -0.131. The first-order valence-electron chi connectivity index (χ1n) is 11.0. The molecule has 0 aliphatic rings. The molecule has 6 heteroatoms. The molecule has 0 spiro atoms.